The first-order valence-electron chi connectivity index (χ1n) is 15.2. The van der Waals surface area contributed by atoms with Gasteiger partial charge in [0.25, 0.3) is 0 Å². The molecule has 0 radical (unpaired) electrons. The molecule has 0 unspecified atom stereocenters. The van der Waals surface area contributed by atoms with E-state index in [9.17, 15) is 9.59 Å². The average Bonchev–Trinajstić information content (AvgIpc) is 2.89. The molecule has 4 heteroatoms. The molecule has 0 aliphatic carbocycles. The molecule has 0 rings (SSSR count). The van der Waals surface area contributed by atoms with Gasteiger partial charge in [-0.1, -0.05) is 127 Å². The van der Waals surface area contributed by atoms with E-state index >= 15 is 0 Å². The second-order valence-corrected chi connectivity index (χ2v) is 9.74. The Morgan fingerprint density at radius 3 is 1.49 bits per heavy atom. The van der Waals surface area contributed by atoms with Crippen molar-refractivity contribution in [3.05, 3.63) is 48.6 Å². The molecule has 0 saturated heterocycles. The molecule has 0 aromatic carbocycles. The van der Waals surface area contributed by atoms with Gasteiger partial charge in [-0.25, -0.2) is 4.79 Å². The van der Waals surface area contributed by atoms with Gasteiger partial charge in [0.05, 0.1) is 6.61 Å². The number of allylic oxidation sites excluding steroid dienone is 8. The quantitative estimate of drug-likeness (QED) is 0.0524. The van der Waals surface area contributed by atoms with Crippen LogP contribution in [-0.2, 0) is 14.3 Å². The topological polar surface area (TPSA) is 52.6 Å². The largest absolute Gasteiger partial charge is 0.516 e. The number of rotatable bonds is 25. The van der Waals surface area contributed by atoms with Crippen molar-refractivity contribution in [3.8, 4) is 0 Å². The van der Waals surface area contributed by atoms with E-state index in [1.165, 1.54) is 64.2 Å². The smallest absolute Gasteiger partial charge is 0.434 e. The molecule has 0 heterocycles. The summed E-state index contributed by atoms with van der Waals surface area (Å²) in [6, 6.07) is 0. The second kappa shape index (κ2) is 30.1. The summed E-state index contributed by atoms with van der Waals surface area (Å²) in [5.41, 5.74) is 0. The molecule has 212 valence electrons. The summed E-state index contributed by atoms with van der Waals surface area (Å²) in [6.45, 7) is 4.75. The molecule has 0 aromatic rings. The van der Waals surface area contributed by atoms with Crippen LogP contribution in [0.25, 0.3) is 0 Å². The molecule has 4 nitrogen and oxygen atoms in total. The Kier molecular flexibility index (Phi) is 28.4. The van der Waals surface area contributed by atoms with Crippen LogP contribution in [0.5, 0.6) is 0 Å². The number of hydrogen-bond donors (Lipinski definition) is 0. The minimum absolute atomic E-state index is 0.289. The van der Waals surface area contributed by atoms with Crippen LogP contribution in [-0.4, -0.2) is 18.7 Å². The van der Waals surface area contributed by atoms with Crippen molar-refractivity contribution < 1.29 is 19.1 Å². The number of carbonyl (C=O) groups excluding carboxylic acids is 2. The predicted octanol–water partition coefficient (Wildman–Crippen LogP) is 10.7. The van der Waals surface area contributed by atoms with E-state index in [0.29, 0.717) is 0 Å². The van der Waals surface area contributed by atoms with Crippen LogP contribution in [0.2, 0.25) is 0 Å². The van der Waals surface area contributed by atoms with E-state index in [1.54, 1.807) is 0 Å². The summed E-state index contributed by atoms with van der Waals surface area (Å²) in [6.07, 6.45) is 38.5. The third-order valence-corrected chi connectivity index (χ3v) is 6.12. The molecule has 0 aliphatic heterocycles. The van der Waals surface area contributed by atoms with Crippen LogP contribution in [0, 0.1) is 0 Å². The lowest BCUT2D eigenvalue weighted by Gasteiger charge is -2.05. The molecule has 0 aromatic heterocycles. The fraction of sp³-hybridized carbons (Fsp3) is 0.697. The maximum absolute atomic E-state index is 11.7. The van der Waals surface area contributed by atoms with Gasteiger partial charge < -0.3 is 9.47 Å². The number of esters is 1. The first-order valence-corrected chi connectivity index (χ1v) is 15.2. The van der Waals surface area contributed by atoms with E-state index in [2.05, 4.69) is 62.5 Å². The van der Waals surface area contributed by atoms with E-state index in [4.69, 9.17) is 9.47 Å². The molecule has 0 bridgehead atoms. The highest BCUT2D eigenvalue weighted by molar-refractivity contribution is 5.81. The Morgan fingerprint density at radius 1 is 0.514 bits per heavy atom. The van der Waals surface area contributed by atoms with Gasteiger partial charge in [-0.15, -0.1) is 0 Å². The fourth-order valence-electron chi connectivity index (χ4n) is 3.83. The lowest BCUT2D eigenvalue weighted by atomic mass is 10.1. The molecule has 0 saturated carbocycles. The van der Waals surface area contributed by atoms with Gasteiger partial charge in [0, 0.05) is 6.42 Å². The van der Waals surface area contributed by atoms with Gasteiger partial charge in [0.2, 0.25) is 0 Å². The zero-order chi connectivity index (χ0) is 27.1. The summed E-state index contributed by atoms with van der Waals surface area (Å²) in [5, 5.41) is 0. The van der Waals surface area contributed by atoms with Crippen LogP contribution < -0.4 is 0 Å². The lowest BCUT2D eigenvalue weighted by Crippen LogP contribution is -2.14. The van der Waals surface area contributed by atoms with Crippen LogP contribution in [0.3, 0.4) is 0 Å². The van der Waals surface area contributed by atoms with Crippen molar-refractivity contribution in [1.29, 1.82) is 0 Å². The highest BCUT2D eigenvalue weighted by Gasteiger charge is 2.11. The van der Waals surface area contributed by atoms with Gasteiger partial charge in [-0.3, -0.25) is 4.79 Å². The van der Waals surface area contributed by atoms with Crippen molar-refractivity contribution >= 4 is 12.1 Å². The van der Waals surface area contributed by atoms with Crippen LogP contribution in [0.1, 0.15) is 142 Å². The van der Waals surface area contributed by atoms with Crippen molar-refractivity contribution in [2.24, 2.45) is 0 Å². The minimum Gasteiger partial charge on any atom is -0.434 e. The Morgan fingerprint density at radius 2 is 0.946 bits per heavy atom. The first kappa shape index (κ1) is 34.9. The van der Waals surface area contributed by atoms with Gasteiger partial charge >= 0.3 is 12.1 Å². The molecule has 0 aliphatic rings. The average molecular weight is 517 g/mol. The zero-order valence-electron chi connectivity index (χ0n) is 24.1. The van der Waals surface area contributed by atoms with E-state index < -0.39 is 12.1 Å². The molecule has 0 amide bonds. The summed E-state index contributed by atoms with van der Waals surface area (Å²) in [7, 11) is 0. The van der Waals surface area contributed by atoms with Crippen LogP contribution in [0.15, 0.2) is 48.6 Å². The summed E-state index contributed by atoms with van der Waals surface area (Å²) < 4.78 is 9.74. The Bertz CT molecular complexity index is 630. The third kappa shape index (κ3) is 30.0. The molecule has 0 N–H and O–H groups in total. The lowest BCUT2D eigenvalue weighted by molar-refractivity contribution is -0.139. The summed E-state index contributed by atoms with van der Waals surface area (Å²) >= 11 is 0. The number of hydrogen-bond acceptors (Lipinski definition) is 4. The molecular weight excluding hydrogens is 460 g/mol. The van der Waals surface area contributed by atoms with Crippen LogP contribution in [0.4, 0.5) is 4.79 Å². The van der Waals surface area contributed by atoms with Gasteiger partial charge in [0.15, 0.2) is 0 Å². The number of carbonyl (C=O) groups is 2. The fourth-order valence-corrected chi connectivity index (χ4v) is 3.83. The van der Waals surface area contributed by atoms with Crippen LogP contribution >= 0.6 is 0 Å². The predicted molar refractivity (Wildman–Crippen MR) is 158 cm³/mol. The second-order valence-electron chi connectivity index (χ2n) is 9.74. The standard InChI is InChI=1S/C33H56O4/c1-3-5-7-9-11-13-14-15-16-17-18-19-20-21-23-25-27-29-31-36-33(35)37-32(34)30-28-26-24-22-12-10-8-6-4-2/h11,13,15-16,18-19,21,23H,3-10,12,14,17,20,22,24-31H2,1-2H3/b13-11-,16-15-,19-18-,23-21-. The molecule has 0 atom stereocenters. The van der Waals surface area contributed by atoms with Crippen molar-refractivity contribution in [2.45, 2.75) is 142 Å². The summed E-state index contributed by atoms with van der Waals surface area (Å²) in [4.78, 5) is 23.3. The van der Waals surface area contributed by atoms with E-state index in [-0.39, 0.29) is 13.0 Å². The third-order valence-electron chi connectivity index (χ3n) is 6.12. The minimum atomic E-state index is -0.862. The van der Waals surface area contributed by atoms with Crippen molar-refractivity contribution in [2.75, 3.05) is 6.61 Å². The maximum atomic E-state index is 11.7. The Labute approximate surface area is 228 Å². The van der Waals surface area contributed by atoms with Gasteiger partial charge in [0.1, 0.15) is 0 Å². The molecule has 0 fully saturated rings. The molecule has 0 spiro atoms. The van der Waals surface area contributed by atoms with Crippen molar-refractivity contribution in [1.82, 2.24) is 0 Å². The number of unbranched alkanes of at least 4 members (excludes halogenated alkanes) is 13. The first-order chi connectivity index (χ1) is 18.2. The molecular formula is C33H56O4. The highest BCUT2D eigenvalue weighted by atomic mass is 16.7. The van der Waals surface area contributed by atoms with E-state index in [1.807, 2.05) is 0 Å². The van der Waals surface area contributed by atoms with Gasteiger partial charge in [-0.05, 0) is 57.8 Å². The Hall–Kier alpha value is -2.10. The van der Waals surface area contributed by atoms with E-state index in [0.717, 1.165) is 57.8 Å². The maximum Gasteiger partial charge on any atom is 0.516 e. The monoisotopic (exact) mass is 516 g/mol. The number of ether oxygens (including phenoxy) is 2. The molecule has 37 heavy (non-hydrogen) atoms. The Balaban J connectivity index is 3.49. The van der Waals surface area contributed by atoms with Gasteiger partial charge in [-0.2, -0.15) is 0 Å². The highest BCUT2D eigenvalue weighted by Crippen LogP contribution is 2.11. The zero-order valence-corrected chi connectivity index (χ0v) is 24.1. The summed E-state index contributed by atoms with van der Waals surface area (Å²) in [5.74, 6) is -0.478. The van der Waals surface area contributed by atoms with Crippen molar-refractivity contribution in [3.63, 3.8) is 0 Å². The normalized spacial score (nSPS) is 11.9. The SMILES string of the molecule is CCCCC/C=C\C/C=C\C/C=C\C/C=C\CCCCOC(=O)OC(=O)CCCCCCCCCCC.